The van der Waals surface area contributed by atoms with Crippen LogP contribution in [-0.4, -0.2) is 34.8 Å². The molecule has 1 N–H and O–H groups in total. The summed E-state index contributed by atoms with van der Waals surface area (Å²) in [5.41, 5.74) is 3.70. The van der Waals surface area contributed by atoms with Crippen LogP contribution in [0.15, 0.2) is 88.9 Å². The Morgan fingerprint density at radius 2 is 1.59 bits per heavy atom. The van der Waals surface area contributed by atoms with Gasteiger partial charge in [0, 0.05) is 11.4 Å². The van der Waals surface area contributed by atoms with Crippen molar-refractivity contribution in [3.8, 4) is 5.69 Å². The Balaban J connectivity index is 1.56. The number of benzene rings is 3. The molecule has 7 nitrogen and oxygen atoms in total. The van der Waals surface area contributed by atoms with Crippen LogP contribution < -0.4 is 5.32 Å². The van der Waals surface area contributed by atoms with Gasteiger partial charge in [0.2, 0.25) is 5.91 Å². The van der Waals surface area contributed by atoms with E-state index in [9.17, 15) is 13.2 Å². The first-order chi connectivity index (χ1) is 16.3. The van der Waals surface area contributed by atoms with Gasteiger partial charge in [0.25, 0.3) is 0 Å². The quantitative estimate of drug-likeness (QED) is 0.362. The van der Waals surface area contributed by atoms with Gasteiger partial charge in [0.05, 0.1) is 10.6 Å². The maximum Gasteiger partial charge on any atom is 0.234 e. The number of nitrogens with zero attached hydrogens (tertiary/aromatic N) is 3. The maximum atomic E-state index is 13.0. The summed E-state index contributed by atoms with van der Waals surface area (Å²) in [7, 11) is -3.62. The Bertz CT molecular complexity index is 1400. The van der Waals surface area contributed by atoms with E-state index in [1.54, 1.807) is 34.9 Å². The third-order valence-electron chi connectivity index (χ3n) is 5.26. The van der Waals surface area contributed by atoms with E-state index in [1.165, 1.54) is 11.8 Å². The molecule has 0 radical (unpaired) electrons. The number of thioether (sulfide) groups is 1. The zero-order chi connectivity index (χ0) is 24.1. The van der Waals surface area contributed by atoms with Crippen molar-refractivity contribution in [2.45, 2.75) is 29.7 Å². The lowest BCUT2D eigenvalue weighted by Gasteiger charge is -2.11. The highest BCUT2D eigenvalue weighted by molar-refractivity contribution is 7.99. The van der Waals surface area contributed by atoms with Gasteiger partial charge in [0.15, 0.2) is 20.8 Å². The third kappa shape index (κ3) is 5.55. The smallest absolute Gasteiger partial charge is 0.234 e. The number of aromatic nitrogens is 3. The molecule has 4 rings (SSSR count). The summed E-state index contributed by atoms with van der Waals surface area (Å²) in [6.07, 6.45) is 0. The molecule has 1 heterocycles. The molecule has 0 aliphatic carbocycles. The first-order valence-electron chi connectivity index (χ1n) is 10.6. The summed E-state index contributed by atoms with van der Waals surface area (Å²) >= 11 is 1.20. The van der Waals surface area contributed by atoms with E-state index >= 15 is 0 Å². The number of carbonyl (C=O) groups is 1. The second-order valence-electron chi connectivity index (χ2n) is 7.78. The molecule has 0 aliphatic rings. The Labute approximate surface area is 203 Å². The molecule has 0 bridgehead atoms. The van der Waals surface area contributed by atoms with Gasteiger partial charge in [-0.1, -0.05) is 54.2 Å². The lowest BCUT2D eigenvalue weighted by atomic mass is 10.1. The van der Waals surface area contributed by atoms with Gasteiger partial charge in [-0.25, -0.2) is 8.42 Å². The number of anilines is 1. The predicted molar refractivity (Wildman–Crippen MR) is 134 cm³/mol. The molecule has 9 heteroatoms. The van der Waals surface area contributed by atoms with Gasteiger partial charge in [-0.15, -0.1) is 10.2 Å². The van der Waals surface area contributed by atoms with Crippen LogP contribution in [0.1, 0.15) is 17.0 Å². The van der Waals surface area contributed by atoms with Crippen LogP contribution in [0.5, 0.6) is 0 Å². The standard InChI is InChI=1S/C25H24N4O3S2/c1-18-13-14-20(15-19(18)2)26-24(30)16-33-25-28-27-23(29(25)21-9-5-3-6-10-21)17-34(31,32)22-11-7-4-8-12-22/h3-15H,16-17H2,1-2H3,(H,26,30). The second kappa shape index (κ2) is 10.2. The molecule has 174 valence electrons. The van der Waals surface area contributed by atoms with Crippen LogP contribution in [-0.2, 0) is 20.4 Å². The van der Waals surface area contributed by atoms with Crippen LogP contribution in [0.4, 0.5) is 5.69 Å². The molecular weight excluding hydrogens is 468 g/mol. The molecule has 0 fully saturated rings. The zero-order valence-electron chi connectivity index (χ0n) is 18.8. The predicted octanol–water partition coefficient (Wildman–Crippen LogP) is 4.59. The van der Waals surface area contributed by atoms with Crippen LogP contribution in [0.3, 0.4) is 0 Å². The van der Waals surface area contributed by atoms with Crippen LogP contribution in [0.25, 0.3) is 5.69 Å². The van der Waals surface area contributed by atoms with Crippen molar-refractivity contribution in [1.29, 1.82) is 0 Å². The van der Waals surface area contributed by atoms with Crippen molar-refractivity contribution < 1.29 is 13.2 Å². The lowest BCUT2D eigenvalue weighted by molar-refractivity contribution is -0.113. The van der Waals surface area contributed by atoms with Crippen molar-refractivity contribution in [1.82, 2.24) is 14.8 Å². The van der Waals surface area contributed by atoms with E-state index in [0.29, 0.717) is 5.16 Å². The molecule has 4 aromatic rings. The Morgan fingerprint density at radius 3 is 2.26 bits per heavy atom. The normalized spacial score (nSPS) is 11.4. The van der Waals surface area contributed by atoms with Gasteiger partial charge in [-0.2, -0.15) is 0 Å². The molecule has 1 aromatic heterocycles. The fraction of sp³-hybridized carbons (Fsp3) is 0.160. The lowest BCUT2D eigenvalue weighted by Crippen LogP contribution is -2.15. The molecule has 1 amide bonds. The first kappa shape index (κ1) is 23.7. The van der Waals surface area contributed by atoms with E-state index in [2.05, 4.69) is 15.5 Å². The fourth-order valence-electron chi connectivity index (χ4n) is 3.35. The third-order valence-corrected chi connectivity index (χ3v) is 7.82. The average molecular weight is 493 g/mol. The summed E-state index contributed by atoms with van der Waals surface area (Å²) in [5, 5.41) is 11.7. The van der Waals surface area contributed by atoms with Crippen molar-refractivity contribution in [2.24, 2.45) is 0 Å². The molecule has 34 heavy (non-hydrogen) atoms. The molecule has 0 atom stereocenters. The highest BCUT2D eigenvalue weighted by Crippen LogP contribution is 2.25. The molecule has 0 saturated heterocycles. The SMILES string of the molecule is Cc1ccc(NC(=O)CSc2nnc(CS(=O)(=O)c3ccccc3)n2-c2ccccc2)cc1C. The summed E-state index contributed by atoms with van der Waals surface area (Å²) in [5.74, 6) is -0.112. The minimum atomic E-state index is -3.62. The van der Waals surface area contributed by atoms with Crippen molar-refractivity contribution in [3.05, 3.63) is 95.8 Å². The van der Waals surface area contributed by atoms with E-state index in [1.807, 2.05) is 62.4 Å². The summed E-state index contributed by atoms with van der Waals surface area (Å²) in [6, 6.07) is 23.3. The second-order valence-corrected chi connectivity index (χ2v) is 10.7. The van der Waals surface area contributed by atoms with Gasteiger partial charge < -0.3 is 5.32 Å². The van der Waals surface area contributed by atoms with Crippen molar-refractivity contribution >= 4 is 33.2 Å². The van der Waals surface area contributed by atoms with E-state index in [4.69, 9.17) is 0 Å². The van der Waals surface area contributed by atoms with Gasteiger partial charge in [-0.3, -0.25) is 9.36 Å². The van der Waals surface area contributed by atoms with Crippen molar-refractivity contribution in [3.63, 3.8) is 0 Å². The Morgan fingerprint density at radius 1 is 0.912 bits per heavy atom. The maximum absolute atomic E-state index is 13.0. The summed E-state index contributed by atoms with van der Waals surface area (Å²) in [6.45, 7) is 4.01. The fourth-order valence-corrected chi connectivity index (χ4v) is 5.39. The number of nitrogens with one attached hydrogen (secondary N) is 1. The van der Waals surface area contributed by atoms with Gasteiger partial charge in [-0.05, 0) is 61.4 Å². The van der Waals surface area contributed by atoms with Gasteiger partial charge in [0.1, 0.15) is 5.75 Å². The molecule has 0 saturated carbocycles. The number of hydrogen-bond donors (Lipinski definition) is 1. The van der Waals surface area contributed by atoms with E-state index < -0.39 is 9.84 Å². The summed E-state index contributed by atoms with van der Waals surface area (Å²) < 4.78 is 27.6. The molecule has 0 unspecified atom stereocenters. The zero-order valence-corrected chi connectivity index (χ0v) is 20.4. The number of hydrogen-bond acceptors (Lipinski definition) is 6. The Kier molecular flexibility index (Phi) is 7.14. The monoisotopic (exact) mass is 492 g/mol. The summed E-state index contributed by atoms with van der Waals surface area (Å²) in [4.78, 5) is 12.8. The molecule has 0 spiro atoms. The van der Waals surface area contributed by atoms with Crippen LogP contribution in [0, 0.1) is 13.8 Å². The van der Waals surface area contributed by atoms with Gasteiger partial charge >= 0.3 is 0 Å². The van der Waals surface area contributed by atoms with Crippen LogP contribution >= 0.6 is 11.8 Å². The number of rotatable bonds is 8. The minimum absolute atomic E-state index is 0.101. The average Bonchev–Trinajstić information content (AvgIpc) is 3.23. The van der Waals surface area contributed by atoms with Crippen LogP contribution in [0.2, 0.25) is 0 Å². The molecular formula is C25H24N4O3S2. The minimum Gasteiger partial charge on any atom is -0.325 e. The Hall–Kier alpha value is -3.43. The number of sulfone groups is 1. The largest absolute Gasteiger partial charge is 0.325 e. The highest BCUT2D eigenvalue weighted by atomic mass is 32.2. The molecule has 0 aliphatic heterocycles. The highest BCUT2D eigenvalue weighted by Gasteiger charge is 2.23. The number of aryl methyl sites for hydroxylation is 2. The topological polar surface area (TPSA) is 94.0 Å². The number of para-hydroxylation sites is 1. The first-order valence-corrected chi connectivity index (χ1v) is 13.2. The molecule has 3 aromatic carbocycles. The van der Waals surface area contributed by atoms with E-state index in [-0.39, 0.29) is 28.1 Å². The van der Waals surface area contributed by atoms with Crippen molar-refractivity contribution in [2.75, 3.05) is 11.1 Å². The number of carbonyl (C=O) groups excluding carboxylic acids is 1. The van der Waals surface area contributed by atoms with E-state index in [0.717, 1.165) is 22.5 Å². The number of amides is 1.